The van der Waals surface area contributed by atoms with Gasteiger partial charge in [-0.2, -0.15) is 0 Å². The fraction of sp³-hybridized carbons (Fsp3) is 0.286. The van der Waals surface area contributed by atoms with Crippen molar-refractivity contribution in [2.75, 3.05) is 0 Å². The lowest BCUT2D eigenvalue weighted by Gasteiger charge is -2.12. The van der Waals surface area contributed by atoms with Gasteiger partial charge in [-0.05, 0) is 0 Å². The van der Waals surface area contributed by atoms with E-state index in [1.165, 1.54) is 12.4 Å². The van der Waals surface area contributed by atoms with E-state index in [1.54, 1.807) is 47.8 Å². The smallest absolute Gasteiger partial charge is 0.211 e. The first-order valence-electron chi connectivity index (χ1n) is 6.42. The van der Waals surface area contributed by atoms with Crippen LogP contribution in [0.2, 0.25) is 0 Å². The third-order valence-electron chi connectivity index (χ3n) is 3.17. The lowest BCUT2D eigenvalue weighted by molar-refractivity contribution is -0.672. The summed E-state index contributed by atoms with van der Waals surface area (Å²) in [7, 11) is -0.0509. The van der Waals surface area contributed by atoms with Crippen molar-refractivity contribution in [3.8, 4) is 11.5 Å². The molecule has 0 aromatic carbocycles. The van der Waals surface area contributed by atoms with E-state index in [0.717, 1.165) is 0 Å². The molecule has 0 aliphatic carbocycles. The minimum Gasteiger partial charge on any atom is -0.503 e. The van der Waals surface area contributed by atoms with Crippen molar-refractivity contribution in [1.82, 2.24) is 0 Å². The van der Waals surface area contributed by atoms with Crippen LogP contribution in [-0.4, -0.2) is 15.1 Å². The predicted octanol–water partition coefficient (Wildman–Crippen LogP) is 0.717. The number of hydrogen-bond donors (Lipinski definition) is 3. The summed E-state index contributed by atoms with van der Waals surface area (Å²) in [5.74, 6) is -0.0316. The summed E-state index contributed by atoms with van der Waals surface area (Å²) in [5.41, 5.74) is 0.833. The van der Waals surface area contributed by atoms with Crippen LogP contribution in [0.3, 0.4) is 0 Å². The van der Waals surface area contributed by atoms with Crippen molar-refractivity contribution in [1.29, 1.82) is 0 Å². The van der Waals surface area contributed by atoms with Crippen LogP contribution in [0.1, 0.15) is 11.1 Å². The number of rotatable bonds is 4. The molecule has 3 N–H and O–H groups in total. The Kier molecular flexibility index (Phi) is 4.30. The molecule has 6 nitrogen and oxygen atoms in total. The molecule has 2 aromatic rings. The Labute approximate surface area is 123 Å². The largest absolute Gasteiger partial charge is 0.503 e. The number of nitrogens with zero attached hydrogens (tertiary/aromatic N) is 2. The van der Waals surface area contributed by atoms with Crippen LogP contribution in [0, 0.1) is 0 Å². The van der Waals surface area contributed by atoms with Crippen LogP contribution < -0.4 is 9.13 Å². The first-order chi connectivity index (χ1) is 9.77. The zero-order valence-corrected chi connectivity index (χ0v) is 12.9. The lowest BCUT2D eigenvalue weighted by atomic mass is 10.3. The molecule has 0 radical (unpaired) electrons. The molecule has 0 fully saturated rings. The van der Waals surface area contributed by atoms with Gasteiger partial charge >= 0.3 is 0 Å². The van der Waals surface area contributed by atoms with Crippen LogP contribution in [-0.2, 0) is 31.0 Å². The fourth-order valence-electron chi connectivity index (χ4n) is 2.08. The van der Waals surface area contributed by atoms with E-state index >= 15 is 0 Å². The van der Waals surface area contributed by atoms with E-state index in [2.05, 4.69) is 0 Å². The third-order valence-corrected chi connectivity index (χ3v) is 4.84. The molecule has 0 aliphatic heterocycles. The summed E-state index contributed by atoms with van der Waals surface area (Å²) in [4.78, 5) is 10.1. The highest BCUT2D eigenvalue weighted by Gasteiger charge is 2.24. The van der Waals surface area contributed by atoms with Gasteiger partial charge in [0.2, 0.25) is 19.8 Å². The quantitative estimate of drug-likeness (QED) is 0.574. The molecule has 7 heteroatoms. The summed E-state index contributed by atoms with van der Waals surface area (Å²) in [6.07, 6.45) is 6.09. The molecule has 0 atom stereocenters. The Hall–Kier alpha value is -1.91. The number of pyridine rings is 2. The maximum absolute atomic E-state index is 12.3. The fourth-order valence-corrected chi connectivity index (χ4v) is 3.79. The molecule has 21 heavy (non-hydrogen) atoms. The summed E-state index contributed by atoms with van der Waals surface area (Å²) in [6, 6.07) is 3.23. The molecule has 0 amide bonds. The Morgan fingerprint density at radius 2 is 1.33 bits per heavy atom. The highest BCUT2D eigenvalue weighted by atomic mass is 31.2. The van der Waals surface area contributed by atoms with Gasteiger partial charge in [0, 0.05) is 23.3 Å². The first kappa shape index (κ1) is 15.5. The molecule has 0 saturated heterocycles. The van der Waals surface area contributed by atoms with E-state index in [4.69, 9.17) is 0 Å². The Morgan fingerprint density at radius 3 is 1.67 bits per heavy atom. The molecule has 2 aromatic heterocycles. The summed E-state index contributed by atoms with van der Waals surface area (Å²) in [6.45, 7) is 0. The van der Waals surface area contributed by atoms with Gasteiger partial charge in [0.15, 0.2) is 23.9 Å². The highest BCUT2D eigenvalue weighted by Crippen LogP contribution is 2.49. The summed E-state index contributed by atoms with van der Waals surface area (Å²) < 4.78 is 15.7. The number of hydrogen-bond acceptors (Lipinski definition) is 3. The summed E-state index contributed by atoms with van der Waals surface area (Å²) >= 11 is 0. The SMILES string of the molecule is C[n+]1ccc(CP(=O)(O)Cc2cc[n+](C)cc2O)c(O)c1. The van der Waals surface area contributed by atoms with Crippen molar-refractivity contribution < 1.29 is 28.8 Å². The van der Waals surface area contributed by atoms with E-state index in [-0.39, 0.29) is 23.8 Å². The Bertz CT molecular complexity index is 661. The number of aryl methyl sites for hydroxylation is 2. The lowest BCUT2D eigenvalue weighted by Crippen LogP contribution is -2.26. The standard InChI is InChI=1S/C14H17N2O4P/c1-15-5-3-11(13(17)7-15)9-21(19,20)10-12-4-6-16(2)8-14(12)18/h3-8H,9-10H2,1-2H3,(H-2,17,18,19,20)/p+2. The van der Waals surface area contributed by atoms with Gasteiger partial charge in [-0.25, -0.2) is 9.13 Å². The molecule has 0 spiro atoms. The molecule has 0 unspecified atom stereocenters. The van der Waals surface area contributed by atoms with Gasteiger partial charge in [-0.1, -0.05) is 0 Å². The summed E-state index contributed by atoms with van der Waals surface area (Å²) in [5, 5.41) is 19.6. The maximum Gasteiger partial charge on any atom is 0.211 e. The topological polar surface area (TPSA) is 85.5 Å². The average Bonchev–Trinajstić information content (AvgIpc) is 2.36. The van der Waals surface area contributed by atoms with Crippen LogP contribution in [0.5, 0.6) is 11.5 Å². The minimum atomic E-state index is -3.56. The first-order valence-corrected chi connectivity index (χ1v) is 8.45. The zero-order valence-electron chi connectivity index (χ0n) is 12.0. The number of aromatic nitrogens is 2. The van der Waals surface area contributed by atoms with Gasteiger partial charge in [0.1, 0.15) is 14.1 Å². The Balaban J connectivity index is 2.20. The molecule has 0 bridgehead atoms. The van der Waals surface area contributed by atoms with Gasteiger partial charge in [0.25, 0.3) is 0 Å². The molecule has 2 heterocycles. The van der Waals surface area contributed by atoms with Crippen molar-refractivity contribution in [3.05, 3.63) is 48.0 Å². The van der Waals surface area contributed by atoms with Gasteiger partial charge in [-0.15, -0.1) is 0 Å². The molecule has 112 valence electrons. The molecule has 0 saturated carbocycles. The van der Waals surface area contributed by atoms with Crippen LogP contribution >= 0.6 is 7.37 Å². The van der Waals surface area contributed by atoms with E-state index in [1.807, 2.05) is 0 Å². The van der Waals surface area contributed by atoms with Crippen molar-refractivity contribution >= 4 is 7.37 Å². The molecular weight excluding hydrogens is 291 g/mol. The highest BCUT2D eigenvalue weighted by molar-refractivity contribution is 7.56. The van der Waals surface area contributed by atoms with Crippen molar-refractivity contribution in [2.45, 2.75) is 12.3 Å². The predicted molar refractivity (Wildman–Crippen MR) is 75.8 cm³/mol. The second-order valence-corrected chi connectivity index (χ2v) is 7.53. The average molecular weight is 310 g/mol. The van der Waals surface area contributed by atoms with Gasteiger partial charge in [0.05, 0.1) is 12.3 Å². The van der Waals surface area contributed by atoms with E-state index < -0.39 is 7.37 Å². The second kappa shape index (κ2) is 5.84. The van der Waals surface area contributed by atoms with Crippen LogP contribution in [0.4, 0.5) is 0 Å². The van der Waals surface area contributed by atoms with E-state index in [0.29, 0.717) is 11.1 Å². The molecular formula is C14H19N2O4P+2. The van der Waals surface area contributed by atoms with Crippen molar-refractivity contribution in [2.24, 2.45) is 14.1 Å². The van der Waals surface area contributed by atoms with Crippen LogP contribution in [0.25, 0.3) is 0 Å². The maximum atomic E-state index is 12.3. The monoisotopic (exact) mass is 310 g/mol. The Morgan fingerprint density at radius 1 is 0.952 bits per heavy atom. The zero-order chi connectivity index (χ0) is 15.6. The van der Waals surface area contributed by atoms with E-state index in [9.17, 15) is 19.7 Å². The van der Waals surface area contributed by atoms with Crippen molar-refractivity contribution in [3.63, 3.8) is 0 Å². The minimum absolute atomic E-state index is 0.0158. The molecule has 2 rings (SSSR count). The second-order valence-electron chi connectivity index (χ2n) is 5.20. The number of aromatic hydroxyl groups is 2. The van der Waals surface area contributed by atoms with Gasteiger partial charge < -0.3 is 15.1 Å². The third kappa shape index (κ3) is 4.03. The van der Waals surface area contributed by atoms with Crippen LogP contribution in [0.15, 0.2) is 36.9 Å². The van der Waals surface area contributed by atoms with Gasteiger partial charge in [-0.3, -0.25) is 4.57 Å². The molecule has 0 aliphatic rings. The normalized spacial score (nSPS) is 11.6.